The predicted molar refractivity (Wildman–Crippen MR) is 81.4 cm³/mol. The first-order chi connectivity index (χ1) is 8.44. The number of thioether (sulfide) groups is 1. The van der Waals surface area contributed by atoms with E-state index in [1.165, 1.54) is 31.0 Å². The second-order valence-corrected chi connectivity index (χ2v) is 8.10. The summed E-state index contributed by atoms with van der Waals surface area (Å²) in [6, 6.07) is 0.704. The molecule has 2 aliphatic rings. The van der Waals surface area contributed by atoms with Crippen LogP contribution in [0.3, 0.4) is 0 Å². The first-order valence-electron chi connectivity index (χ1n) is 7.09. The summed E-state index contributed by atoms with van der Waals surface area (Å²) in [6.07, 6.45) is 3.91. The molecule has 1 N–H and O–H groups in total. The van der Waals surface area contributed by atoms with Gasteiger partial charge in [0.15, 0.2) is 5.17 Å². The fraction of sp³-hybridized carbons (Fsp3) is 0.929. The molecule has 0 aromatic carbocycles. The Morgan fingerprint density at radius 2 is 2.22 bits per heavy atom. The molecular formula is C14H27N3S. The van der Waals surface area contributed by atoms with Crippen molar-refractivity contribution in [1.82, 2.24) is 10.2 Å². The molecule has 18 heavy (non-hydrogen) atoms. The average Bonchev–Trinajstić information content (AvgIpc) is 2.82. The number of rotatable bonds is 3. The molecular weight excluding hydrogens is 242 g/mol. The van der Waals surface area contributed by atoms with Crippen LogP contribution in [-0.2, 0) is 0 Å². The SMILES string of the molecule is CN1CCCC1CNC1=NCC(CC(C)(C)C)S1. The minimum atomic E-state index is 0.411. The average molecular weight is 269 g/mol. The van der Waals surface area contributed by atoms with E-state index in [0.717, 1.165) is 13.1 Å². The van der Waals surface area contributed by atoms with E-state index in [4.69, 9.17) is 0 Å². The number of amidine groups is 1. The number of nitrogens with one attached hydrogen (secondary N) is 1. The van der Waals surface area contributed by atoms with E-state index in [-0.39, 0.29) is 0 Å². The van der Waals surface area contributed by atoms with Crippen molar-refractivity contribution in [3.63, 3.8) is 0 Å². The van der Waals surface area contributed by atoms with Crippen LogP contribution >= 0.6 is 11.8 Å². The quantitative estimate of drug-likeness (QED) is 0.853. The van der Waals surface area contributed by atoms with Gasteiger partial charge in [0.2, 0.25) is 0 Å². The van der Waals surface area contributed by atoms with Crippen molar-refractivity contribution in [3.05, 3.63) is 0 Å². The van der Waals surface area contributed by atoms with Gasteiger partial charge in [0.25, 0.3) is 0 Å². The molecule has 1 fully saturated rings. The third kappa shape index (κ3) is 4.16. The third-order valence-electron chi connectivity index (χ3n) is 3.72. The van der Waals surface area contributed by atoms with Crippen molar-refractivity contribution < 1.29 is 0 Å². The lowest BCUT2D eigenvalue weighted by molar-refractivity contribution is 0.310. The molecule has 2 unspecified atom stereocenters. The first-order valence-corrected chi connectivity index (χ1v) is 7.97. The Balaban J connectivity index is 1.69. The normalized spacial score (nSPS) is 29.7. The zero-order chi connectivity index (χ0) is 13.2. The lowest BCUT2D eigenvalue weighted by atomic mass is 9.90. The fourth-order valence-corrected chi connectivity index (χ4v) is 4.11. The maximum Gasteiger partial charge on any atom is 0.156 e. The summed E-state index contributed by atoms with van der Waals surface area (Å²) in [7, 11) is 2.23. The number of hydrogen-bond acceptors (Lipinski definition) is 4. The molecule has 0 bridgehead atoms. The Morgan fingerprint density at radius 3 is 2.83 bits per heavy atom. The fourth-order valence-electron chi connectivity index (χ4n) is 2.75. The van der Waals surface area contributed by atoms with Crippen LogP contribution in [0.1, 0.15) is 40.0 Å². The molecule has 2 rings (SSSR count). The van der Waals surface area contributed by atoms with Gasteiger partial charge < -0.3 is 10.2 Å². The monoisotopic (exact) mass is 269 g/mol. The molecule has 0 radical (unpaired) electrons. The largest absolute Gasteiger partial charge is 0.363 e. The van der Waals surface area contributed by atoms with Gasteiger partial charge in [0, 0.05) is 17.8 Å². The van der Waals surface area contributed by atoms with E-state index in [2.05, 4.69) is 43.0 Å². The van der Waals surface area contributed by atoms with Crippen LogP contribution in [0.5, 0.6) is 0 Å². The van der Waals surface area contributed by atoms with Crippen LogP contribution in [0.15, 0.2) is 4.99 Å². The predicted octanol–water partition coefficient (Wildman–Crippen LogP) is 2.58. The summed E-state index contributed by atoms with van der Waals surface area (Å²) in [5, 5.41) is 5.39. The van der Waals surface area contributed by atoms with E-state index >= 15 is 0 Å². The summed E-state index contributed by atoms with van der Waals surface area (Å²) in [5.74, 6) is 0. The van der Waals surface area contributed by atoms with Crippen molar-refractivity contribution in [1.29, 1.82) is 0 Å². The molecule has 4 heteroatoms. The summed E-state index contributed by atoms with van der Waals surface area (Å²) in [5.41, 5.74) is 0.411. The van der Waals surface area contributed by atoms with Crippen molar-refractivity contribution in [2.75, 3.05) is 26.7 Å². The number of aliphatic imine (C=N–C) groups is 1. The van der Waals surface area contributed by atoms with Crippen molar-refractivity contribution in [3.8, 4) is 0 Å². The van der Waals surface area contributed by atoms with Gasteiger partial charge in [0.1, 0.15) is 0 Å². The van der Waals surface area contributed by atoms with Crippen LogP contribution in [-0.4, -0.2) is 48.0 Å². The number of likely N-dealkylation sites (N-methyl/N-ethyl adjacent to an activating group) is 1. The van der Waals surface area contributed by atoms with E-state index in [0.29, 0.717) is 16.7 Å². The van der Waals surface area contributed by atoms with Crippen molar-refractivity contribution in [2.45, 2.75) is 51.3 Å². The number of nitrogens with zero attached hydrogens (tertiary/aromatic N) is 2. The Morgan fingerprint density at radius 1 is 1.44 bits per heavy atom. The second kappa shape index (κ2) is 5.83. The molecule has 3 nitrogen and oxygen atoms in total. The van der Waals surface area contributed by atoms with Crippen LogP contribution in [0.4, 0.5) is 0 Å². The second-order valence-electron chi connectivity index (χ2n) is 6.81. The van der Waals surface area contributed by atoms with Crippen molar-refractivity contribution in [2.24, 2.45) is 10.4 Å². The smallest absolute Gasteiger partial charge is 0.156 e. The molecule has 104 valence electrons. The summed E-state index contributed by atoms with van der Waals surface area (Å²) >= 11 is 1.94. The van der Waals surface area contributed by atoms with E-state index in [1.807, 2.05) is 11.8 Å². The lowest BCUT2D eigenvalue weighted by Gasteiger charge is -2.22. The minimum Gasteiger partial charge on any atom is -0.363 e. The molecule has 0 aliphatic carbocycles. The topological polar surface area (TPSA) is 27.6 Å². The highest BCUT2D eigenvalue weighted by Crippen LogP contribution is 2.31. The standard InChI is InChI=1S/C14H27N3S/c1-14(2,3)8-12-10-16-13(18-12)15-9-11-6-5-7-17(11)4/h11-12H,5-10H2,1-4H3,(H,15,16). The van der Waals surface area contributed by atoms with Crippen LogP contribution in [0.2, 0.25) is 0 Å². The molecule has 0 spiro atoms. The number of likely N-dealkylation sites (tertiary alicyclic amines) is 1. The molecule has 0 saturated carbocycles. The van der Waals surface area contributed by atoms with Gasteiger partial charge in [-0.15, -0.1) is 0 Å². The van der Waals surface area contributed by atoms with Gasteiger partial charge in [0.05, 0.1) is 6.54 Å². The van der Waals surface area contributed by atoms with Gasteiger partial charge in [-0.25, -0.2) is 0 Å². The first kappa shape index (κ1) is 14.2. The van der Waals surface area contributed by atoms with E-state index < -0.39 is 0 Å². The van der Waals surface area contributed by atoms with Gasteiger partial charge in [-0.3, -0.25) is 4.99 Å². The molecule has 2 heterocycles. The Kier molecular flexibility index (Phi) is 4.59. The third-order valence-corrected chi connectivity index (χ3v) is 4.86. The maximum atomic E-state index is 4.64. The highest BCUT2D eigenvalue weighted by molar-refractivity contribution is 8.14. The molecule has 1 saturated heterocycles. The highest BCUT2D eigenvalue weighted by Gasteiger charge is 2.26. The van der Waals surface area contributed by atoms with Gasteiger partial charge in [-0.05, 0) is 38.3 Å². The van der Waals surface area contributed by atoms with Gasteiger partial charge >= 0.3 is 0 Å². The summed E-state index contributed by atoms with van der Waals surface area (Å²) in [4.78, 5) is 7.10. The Bertz CT molecular complexity index is 309. The van der Waals surface area contributed by atoms with E-state index in [9.17, 15) is 0 Å². The summed E-state index contributed by atoms with van der Waals surface area (Å²) in [6.45, 7) is 10.2. The molecule has 2 atom stereocenters. The van der Waals surface area contributed by atoms with Crippen LogP contribution in [0.25, 0.3) is 0 Å². The zero-order valence-electron chi connectivity index (χ0n) is 12.2. The summed E-state index contributed by atoms with van der Waals surface area (Å²) < 4.78 is 0. The molecule has 0 aromatic rings. The molecule has 0 aromatic heterocycles. The highest BCUT2D eigenvalue weighted by atomic mass is 32.2. The van der Waals surface area contributed by atoms with Crippen LogP contribution < -0.4 is 5.32 Å². The van der Waals surface area contributed by atoms with Gasteiger partial charge in [-0.1, -0.05) is 32.5 Å². The molecule has 2 aliphatic heterocycles. The lowest BCUT2D eigenvalue weighted by Crippen LogP contribution is -2.37. The maximum absolute atomic E-state index is 4.64. The Labute approximate surface area is 116 Å². The minimum absolute atomic E-state index is 0.411. The van der Waals surface area contributed by atoms with Crippen LogP contribution in [0, 0.1) is 5.41 Å². The zero-order valence-corrected chi connectivity index (χ0v) is 13.0. The number of hydrogen-bond donors (Lipinski definition) is 1. The van der Waals surface area contributed by atoms with E-state index in [1.54, 1.807) is 0 Å². The molecule has 0 amide bonds. The Hall–Kier alpha value is -0.220. The van der Waals surface area contributed by atoms with Gasteiger partial charge in [-0.2, -0.15) is 0 Å². The van der Waals surface area contributed by atoms with Crippen molar-refractivity contribution >= 4 is 16.9 Å².